The highest BCUT2D eigenvalue weighted by Gasteiger charge is 2.43. The molecule has 1 unspecified atom stereocenters. The Labute approximate surface area is 173 Å². The third-order valence-corrected chi connectivity index (χ3v) is 6.81. The van der Waals surface area contributed by atoms with Gasteiger partial charge in [-0.3, -0.25) is 14.4 Å². The Kier molecular flexibility index (Phi) is 5.38. The lowest BCUT2D eigenvalue weighted by atomic mass is 10.0. The van der Waals surface area contributed by atoms with Crippen LogP contribution < -0.4 is 5.73 Å². The average molecular weight is 433 g/mol. The van der Waals surface area contributed by atoms with E-state index in [2.05, 4.69) is 0 Å². The molecule has 0 bridgehead atoms. The summed E-state index contributed by atoms with van der Waals surface area (Å²) in [6.45, 7) is 3.13. The maximum absolute atomic E-state index is 13.6. The van der Waals surface area contributed by atoms with Crippen LogP contribution >= 0.6 is 0 Å². The zero-order chi connectivity index (χ0) is 22.4. The number of carbonyl (C=O) groups excluding carboxylic acids is 3. The molecule has 0 fully saturated rings. The number of nitrogens with zero attached hydrogens (tertiary/aromatic N) is 2. The smallest absolute Gasteiger partial charge is 0.269 e. The third kappa shape index (κ3) is 3.43. The molecule has 1 aliphatic rings. The third-order valence-electron chi connectivity index (χ3n) is 4.81. The van der Waals surface area contributed by atoms with Crippen LogP contribution in [0.25, 0.3) is 0 Å². The minimum absolute atomic E-state index is 0.0283. The van der Waals surface area contributed by atoms with E-state index in [1.807, 2.05) is 0 Å². The molecule has 1 atom stereocenters. The van der Waals surface area contributed by atoms with E-state index in [4.69, 9.17) is 5.73 Å². The lowest BCUT2D eigenvalue weighted by Gasteiger charge is -2.26. The summed E-state index contributed by atoms with van der Waals surface area (Å²) in [5, 5.41) is 0. The van der Waals surface area contributed by atoms with Crippen LogP contribution in [0.5, 0.6) is 0 Å². The van der Waals surface area contributed by atoms with Crippen LogP contribution in [-0.4, -0.2) is 48.4 Å². The van der Waals surface area contributed by atoms with Crippen molar-refractivity contribution in [2.45, 2.75) is 30.8 Å². The maximum Gasteiger partial charge on any atom is 0.269 e. The first-order valence-corrected chi connectivity index (χ1v) is 10.5. The second-order valence-electron chi connectivity index (χ2n) is 7.19. The maximum atomic E-state index is 13.6. The Morgan fingerprint density at radius 3 is 2.37 bits per heavy atom. The van der Waals surface area contributed by atoms with Crippen molar-refractivity contribution in [1.29, 1.82) is 0 Å². The molecule has 0 radical (unpaired) electrons. The van der Waals surface area contributed by atoms with Crippen LogP contribution in [0.3, 0.4) is 0 Å². The average Bonchev–Trinajstić information content (AvgIpc) is 2.86. The molecule has 1 aliphatic heterocycles. The number of amides is 3. The molecule has 0 aromatic heterocycles. The summed E-state index contributed by atoms with van der Waals surface area (Å²) in [5.74, 6) is -2.86. The molecule has 3 rings (SSSR count). The van der Waals surface area contributed by atoms with Crippen molar-refractivity contribution in [3.63, 3.8) is 0 Å². The van der Waals surface area contributed by atoms with Gasteiger partial charge in [0.1, 0.15) is 16.8 Å². The number of sulfonamides is 1. The number of carbonyl (C=O) groups is 3. The standard InChI is InChI=1S/C20H20FN3O5S/c1-11(2)24-20(27)15-8-7-13(10-16(15)30(24,28)29)19(26)23(3)17(18(22)25)12-5-4-6-14(21)9-12/h4-11,17H,1-3H3,(H2,22,25). The zero-order valence-corrected chi connectivity index (χ0v) is 17.3. The van der Waals surface area contributed by atoms with Gasteiger partial charge in [0.25, 0.3) is 21.8 Å². The van der Waals surface area contributed by atoms with Crippen LogP contribution in [-0.2, 0) is 14.8 Å². The highest BCUT2D eigenvalue weighted by molar-refractivity contribution is 7.90. The topological polar surface area (TPSA) is 118 Å². The van der Waals surface area contributed by atoms with Crippen LogP contribution in [0.15, 0.2) is 47.4 Å². The summed E-state index contributed by atoms with van der Waals surface area (Å²) in [5.41, 5.74) is 5.53. The second kappa shape index (κ2) is 7.52. The van der Waals surface area contributed by atoms with Gasteiger partial charge in [-0.1, -0.05) is 12.1 Å². The first kappa shape index (κ1) is 21.4. The normalized spacial score (nSPS) is 15.8. The molecule has 1 heterocycles. The first-order valence-electron chi connectivity index (χ1n) is 9.01. The van der Waals surface area contributed by atoms with E-state index in [1.54, 1.807) is 13.8 Å². The lowest BCUT2D eigenvalue weighted by molar-refractivity contribution is -0.122. The number of fused-ring (bicyclic) bond motifs is 1. The number of benzene rings is 2. The van der Waals surface area contributed by atoms with Crippen molar-refractivity contribution in [3.8, 4) is 0 Å². The summed E-state index contributed by atoms with van der Waals surface area (Å²) >= 11 is 0. The minimum Gasteiger partial charge on any atom is -0.368 e. The number of rotatable bonds is 5. The molecule has 0 spiro atoms. The van der Waals surface area contributed by atoms with Crippen molar-refractivity contribution < 1.29 is 27.2 Å². The van der Waals surface area contributed by atoms with Gasteiger partial charge in [0.15, 0.2) is 0 Å². The summed E-state index contributed by atoms with van der Waals surface area (Å²) in [6.07, 6.45) is 0. The van der Waals surface area contributed by atoms with E-state index in [9.17, 15) is 27.2 Å². The van der Waals surface area contributed by atoms with Gasteiger partial charge in [-0.25, -0.2) is 17.1 Å². The molecule has 10 heteroatoms. The molecule has 2 aromatic carbocycles. The van der Waals surface area contributed by atoms with Crippen LogP contribution in [0.2, 0.25) is 0 Å². The van der Waals surface area contributed by atoms with Crippen molar-refractivity contribution in [2.24, 2.45) is 5.73 Å². The lowest BCUT2D eigenvalue weighted by Crippen LogP contribution is -2.39. The number of hydrogen-bond acceptors (Lipinski definition) is 5. The molecule has 8 nitrogen and oxygen atoms in total. The Morgan fingerprint density at radius 2 is 1.80 bits per heavy atom. The predicted molar refractivity (Wildman–Crippen MR) is 105 cm³/mol. The quantitative estimate of drug-likeness (QED) is 0.770. The largest absolute Gasteiger partial charge is 0.368 e. The van der Waals surface area contributed by atoms with E-state index >= 15 is 0 Å². The molecule has 0 saturated carbocycles. The van der Waals surface area contributed by atoms with Crippen molar-refractivity contribution >= 4 is 27.7 Å². The highest BCUT2D eigenvalue weighted by atomic mass is 32.2. The molecule has 3 amide bonds. The number of halogens is 1. The Hall–Kier alpha value is -3.27. The monoisotopic (exact) mass is 433 g/mol. The highest BCUT2D eigenvalue weighted by Crippen LogP contribution is 2.33. The molecular weight excluding hydrogens is 413 g/mol. The Morgan fingerprint density at radius 1 is 1.13 bits per heavy atom. The van der Waals surface area contributed by atoms with E-state index in [0.29, 0.717) is 0 Å². The Bertz CT molecular complexity index is 1160. The van der Waals surface area contributed by atoms with Crippen molar-refractivity contribution in [2.75, 3.05) is 7.05 Å². The van der Waals surface area contributed by atoms with Gasteiger partial charge in [-0.05, 0) is 49.7 Å². The van der Waals surface area contributed by atoms with Crippen molar-refractivity contribution in [1.82, 2.24) is 9.21 Å². The summed E-state index contributed by atoms with van der Waals surface area (Å²) < 4.78 is 39.8. The van der Waals surface area contributed by atoms with Gasteiger partial charge in [-0.2, -0.15) is 0 Å². The minimum atomic E-state index is -4.10. The molecule has 158 valence electrons. The summed E-state index contributed by atoms with van der Waals surface area (Å²) in [6, 6.07) is 6.92. The molecular formula is C20H20FN3O5S. The number of nitrogens with two attached hydrogens (primary N) is 1. The van der Waals surface area contributed by atoms with E-state index in [0.717, 1.165) is 21.3 Å². The zero-order valence-electron chi connectivity index (χ0n) is 16.5. The number of likely N-dealkylation sites (N-methyl/N-ethyl adjacent to an activating group) is 1. The molecule has 2 N–H and O–H groups in total. The summed E-state index contributed by atoms with van der Waals surface area (Å²) in [7, 11) is -2.80. The van der Waals surface area contributed by atoms with Crippen LogP contribution in [0.4, 0.5) is 4.39 Å². The molecule has 30 heavy (non-hydrogen) atoms. The number of hydrogen-bond donors (Lipinski definition) is 1. The second-order valence-corrected chi connectivity index (χ2v) is 8.97. The molecule has 0 saturated heterocycles. The van der Waals surface area contributed by atoms with E-state index < -0.39 is 45.6 Å². The van der Waals surface area contributed by atoms with Gasteiger partial charge in [0, 0.05) is 18.7 Å². The fourth-order valence-electron chi connectivity index (χ4n) is 3.47. The van der Waals surface area contributed by atoms with Crippen LogP contribution in [0, 0.1) is 5.82 Å². The van der Waals surface area contributed by atoms with Gasteiger partial charge in [0.2, 0.25) is 5.91 Å². The van der Waals surface area contributed by atoms with Gasteiger partial charge < -0.3 is 10.6 Å². The van der Waals surface area contributed by atoms with Gasteiger partial charge in [-0.15, -0.1) is 0 Å². The number of primary amides is 1. The SMILES string of the molecule is CC(C)N1C(=O)c2ccc(C(=O)N(C)C(C(N)=O)c3cccc(F)c3)cc2S1(=O)=O. The van der Waals surface area contributed by atoms with Crippen LogP contribution in [0.1, 0.15) is 46.2 Å². The fraction of sp³-hybridized carbons (Fsp3) is 0.250. The van der Waals surface area contributed by atoms with E-state index in [-0.39, 0.29) is 21.6 Å². The van der Waals surface area contributed by atoms with Gasteiger partial charge >= 0.3 is 0 Å². The van der Waals surface area contributed by atoms with Crippen molar-refractivity contribution in [3.05, 3.63) is 65.0 Å². The first-order chi connectivity index (χ1) is 14.0. The molecule has 2 aromatic rings. The molecule has 0 aliphatic carbocycles. The summed E-state index contributed by atoms with van der Waals surface area (Å²) in [4.78, 5) is 38.2. The Balaban J connectivity index is 2.02. The fourth-order valence-corrected chi connectivity index (χ4v) is 5.26. The van der Waals surface area contributed by atoms with Gasteiger partial charge in [0.05, 0.1) is 5.56 Å². The van der Waals surface area contributed by atoms with E-state index in [1.165, 1.54) is 37.4 Å². The predicted octanol–water partition coefficient (Wildman–Crippen LogP) is 1.68.